The van der Waals surface area contributed by atoms with Crippen molar-refractivity contribution in [2.75, 3.05) is 0 Å². The van der Waals surface area contributed by atoms with Crippen LogP contribution in [-0.2, 0) is 4.79 Å². The quantitative estimate of drug-likeness (QED) is 0.676. The molecular weight excluding hydrogens is 284 g/mol. The zero-order chi connectivity index (χ0) is 16.1. The third-order valence-electron chi connectivity index (χ3n) is 2.79. The highest BCUT2D eigenvalue weighted by atomic mass is 16.5. The van der Waals surface area contributed by atoms with Crippen LogP contribution >= 0.6 is 0 Å². The highest BCUT2D eigenvalue weighted by Gasteiger charge is 2.09. The van der Waals surface area contributed by atoms with Gasteiger partial charge in [-0.15, -0.1) is 0 Å². The van der Waals surface area contributed by atoms with Crippen molar-refractivity contribution in [2.24, 2.45) is 0 Å². The minimum absolute atomic E-state index is 0.0574. The van der Waals surface area contributed by atoms with Crippen molar-refractivity contribution in [3.05, 3.63) is 58.1 Å². The molecule has 0 spiro atoms. The van der Waals surface area contributed by atoms with E-state index in [1.807, 2.05) is 0 Å². The van der Waals surface area contributed by atoms with Gasteiger partial charge in [-0.25, -0.2) is 4.98 Å². The molecule has 112 valence electrons. The molecule has 0 amide bonds. The molecule has 2 aromatic rings. The topological polar surface area (TPSA) is 89.1 Å². The van der Waals surface area contributed by atoms with Gasteiger partial charge in [0.15, 0.2) is 11.6 Å². The summed E-state index contributed by atoms with van der Waals surface area (Å²) in [6, 6.07) is 6.54. The van der Waals surface area contributed by atoms with Gasteiger partial charge in [0.05, 0.1) is 6.33 Å². The monoisotopic (exact) mass is 298 g/mol. The number of ketones is 2. The van der Waals surface area contributed by atoms with Gasteiger partial charge < -0.3 is 9.72 Å². The lowest BCUT2D eigenvalue weighted by molar-refractivity contribution is -0.112. The number of rotatable bonds is 5. The van der Waals surface area contributed by atoms with E-state index in [4.69, 9.17) is 4.74 Å². The third kappa shape index (κ3) is 3.76. The summed E-state index contributed by atoms with van der Waals surface area (Å²) in [6.45, 7) is 2.82. The van der Waals surface area contributed by atoms with E-state index in [-0.39, 0.29) is 23.0 Å². The van der Waals surface area contributed by atoms with Gasteiger partial charge in [-0.3, -0.25) is 14.4 Å². The Balaban J connectivity index is 2.39. The molecule has 0 bridgehead atoms. The number of Topliss-reactive ketones (excluding diaryl/α,β-unsaturated/α-hetero) is 1. The normalized spacial score (nSPS) is 10.6. The third-order valence-corrected chi connectivity index (χ3v) is 2.79. The Labute approximate surface area is 126 Å². The number of aromatic nitrogens is 2. The first kappa shape index (κ1) is 15.4. The van der Waals surface area contributed by atoms with Gasteiger partial charge in [-0.05, 0) is 38.1 Å². The van der Waals surface area contributed by atoms with E-state index in [1.54, 1.807) is 24.3 Å². The van der Waals surface area contributed by atoms with Crippen molar-refractivity contribution in [2.45, 2.75) is 13.8 Å². The fraction of sp³-hybridized carbons (Fsp3) is 0.125. The molecule has 6 heteroatoms. The van der Waals surface area contributed by atoms with Crippen molar-refractivity contribution in [1.29, 1.82) is 0 Å². The van der Waals surface area contributed by atoms with Crippen LogP contribution in [0, 0.1) is 0 Å². The van der Waals surface area contributed by atoms with E-state index in [0.717, 1.165) is 0 Å². The average molecular weight is 298 g/mol. The molecule has 1 N–H and O–H groups in total. The molecular formula is C16H14N2O4. The van der Waals surface area contributed by atoms with Gasteiger partial charge in [0.1, 0.15) is 11.3 Å². The predicted molar refractivity (Wildman–Crippen MR) is 81.1 cm³/mol. The number of carbonyl (C=O) groups is 2. The van der Waals surface area contributed by atoms with Crippen LogP contribution in [0.4, 0.5) is 0 Å². The zero-order valence-electron chi connectivity index (χ0n) is 12.1. The fourth-order valence-electron chi connectivity index (χ4n) is 1.71. The van der Waals surface area contributed by atoms with Gasteiger partial charge in [0, 0.05) is 5.56 Å². The number of nitrogens with zero attached hydrogens (tertiary/aromatic N) is 1. The predicted octanol–water partition coefficient (Wildman–Crippen LogP) is 2.37. The molecule has 0 aliphatic rings. The van der Waals surface area contributed by atoms with Gasteiger partial charge in [-0.2, -0.15) is 0 Å². The molecule has 0 aliphatic carbocycles. The van der Waals surface area contributed by atoms with Crippen LogP contribution in [0.25, 0.3) is 6.08 Å². The standard InChI is InChI=1S/C16H14N2O4/c1-10(19)6-7-14-15(21)17-9-18-16(14)22-13-5-3-4-12(8-13)11(2)20/h3-9H,1-2H3,(H,17,18,21)/b7-6+. The number of hydrogen-bond donors (Lipinski definition) is 1. The summed E-state index contributed by atoms with van der Waals surface area (Å²) in [5, 5.41) is 0. The summed E-state index contributed by atoms with van der Waals surface area (Å²) >= 11 is 0. The van der Waals surface area contributed by atoms with E-state index < -0.39 is 5.56 Å². The summed E-state index contributed by atoms with van der Waals surface area (Å²) in [4.78, 5) is 40.6. The van der Waals surface area contributed by atoms with Gasteiger partial charge in [0.2, 0.25) is 5.88 Å². The van der Waals surface area contributed by atoms with Crippen molar-refractivity contribution in [1.82, 2.24) is 9.97 Å². The second-order valence-corrected chi connectivity index (χ2v) is 4.58. The fourth-order valence-corrected chi connectivity index (χ4v) is 1.71. The Morgan fingerprint density at radius 1 is 1.27 bits per heavy atom. The van der Waals surface area contributed by atoms with Crippen molar-refractivity contribution >= 4 is 17.6 Å². The Kier molecular flexibility index (Phi) is 4.63. The second-order valence-electron chi connectivity index (χ2n) is 4.58. The van der Waals surface area contributed by atoms with Crippen LogP contribution in [0.15, 0.2) is 41.5 Å². The molecule has 1 aromatic heterocycles. The van der Waals surface area contributed by atoms with Crippen LogP contribution in [-0.4, -0.2) is 21.5 Å². The molecule has 0 unspecified atom stereocenters. The molecule has 1 heterocycles. The number of nitrogens with one attached hydrogen (secondary N) is 1. The van der Waals surface area contributed by atoms with Crippen LogP contribution in [0.2, 0.25) is 0 Å². The van der Waals surface area contributed by atoms with Gasteiger partial charge in [0.25, 0.3) is 5.56 Å². The number of ether oxygens (including phenoxy) is 1. The highest BCUT2D eigenvalue weighted by Crippen LogP contribution is 2.22. The molecule has 0 atom stereocenters. The first-order valence-corrected chi connectivity index (χ1v) is 6.52. The molecule has 22 heavy (non-hydrogen) atoms. The van der Waals surface area contributed by atoms with Crippen LogP contribution in [0.5, 0.6) is 11.6 Å². The lowest BCUT2D eigenvalue weighted by atomic mass is 10.1. The summed E-state index contributed by atoms with van der Waals surface area (Å²) < 4.78 is 5.57. The lowest BCUT2D eigenvalue weighted by Gasteiger charge is -2.07. The smallest absolute Gasteiger partial charge is 0.261 e. The Morgan fingerprint density at radius 2 is 2.05 bits per heavy atom. The van der Waals surface area contributed by atoms with E-state index in [9.17, 15) is 14.4 Å². The lowest BCUT2D eigenvalue weighted by Crippen LogP contribution is -2.11. The molecule has 0 fully saturated rings. The minimum Gasteiger partial charge on any atom is -0.438 e. The molecule has 0 saturated carbocycles. The van der Waals surface area contributed by atoms with Gasteiger partial charge in [-0.1, -0.05) is 12.1 Å². The summed E-state index contributed by atoms with van der Waals surface area (Å²) in [5.41, 5.74) is 0.194. The van der Waals surface area contributed by atoms with E-state index in [2.05, 4.69) is 9.97 Å². The van der Waals surface area contributed by atoms with E-state index >= 15 is 0 Å². The first-order valence-electron chi connectivity index (χ1n) is 6.52. The van der Waals surface area contributed by atoms with Crippen LogP contribution in [0.1, 0.15) is 29.8 Å². The summed E-state index contributed by atoms with van der Waals surface area (Å²) in [7, 11) is 0. The zero-order valence-corrected chi connectivity index (χ0v) is 12.1. The second kappa shape index (κ2) is 6.62. The highest BCUT2D eigenvalue weighted by molar-refractivity contribution is 5.94. The first-order chi connectivity index (χ1) is 10.5. The maximum absolute atomic E-state index is 11.8. The number of hydrogen-bond acceptors (Lipinski definition) is 5. The largest absolute Gasteiger partial charge is 0.438 e. The Morgan fingerprint density at radius 3 is 2.73 bits per heavy atom. The van der Waals surface area contributed by atoms with E-state index in [0.29, 0.717) is 11.3 Å². The molecule has 6 nitrogen and oxygen atoms in total. The maximum Gasteiger partial charge on any atom is 0.261 e. The number of H-pyrrole nitrogens is 1. The number of aromatic amines is 1. The van der Waals surface area contributed by atoms with Crippen molar-refractivity contribution < 1.29 is 14.3 Å². The number of carbonyl (C=O) groups excluding carboxylic acids is 2. The minimum atomic E-state index is -0.426. The van der Waals surface area contributed by atoms with Crippen molar-refractivity contribution in [3.8, 4) is 11.6 Å². The SMILES string of the molecule is CC(=O)/C=C/c1c(Oc2cccc(C(C)=O)c2)nc[nH]c1=O. The molecule has 0 radical (unpaired) electrons. The molecule has 0 saturated heterocycles. The van der Waals surface area contributed by atoms with E-state index in [1.165, 1.54) is 32.3 Å². The number of benzene rings is 1. The molecule has 1 aromatic carbocycles. The maximum atomic E-state index is 11.8. The summed E-state index contributed by atoms with van der Waals surface area (Å²) in [6.07, 6.45) is 3.81. The Bertz CT molecular complexity index is 806. The van der Waals surface area contributed by atoms with Gasteiger partial charge >= 0.3 is 0 Å². The average Bonchev–Trinajstić information content (AvgIpc) is 2.46. The molecule has 2 rings (SSSR count). The van der Waals surface area contributed by atoms with Crippen molar-refractivity contribution in [3.63, 3.8) is 0 Å². The van der Waals surface area contributed by atoms with Crippen LogP contribution < -0.4 is 10.3 Å². The van der Waals surface area contributed by atoms with Crippen LogP contribution in [0.3, 0.4) is 0 Å². The molecule has 0 aliphatic heterocycles. The summed E-state index contributed by atoms with van der Waals surface area (Å²) in [5.74, 6) is 0.138. The number of allylic oxidation sites excluding steroid dienone is 1. The Hall–Kier alpha value is -3.02.